The number of hydrogen-bond donors (Lipinski definition) is 0. The van der Waals surface area contributed by atoms with Crippen LogP contribution in [0.3, 0.4) is 0 Å². The lowest BCUT2D eigenvalue weighted by molar-refractivity contribution is -0.145. The molecule has 2 aliphatic heterocycles. The maximum Gasteiger partial charge on any atom is 0.334 e. The van der Waals surface area contributed by atoms with Crippen molar-refractivity contribution in [1.82, 2.24) is 14.7 Å². The molecule has 2 heterocycles. The van der Waals surface area contributed by atoms with Gasteiger partial charge in [-0.05, 0) is 30.5 Å². The standard InChI is InChI=1S/C19H23N3O6/c1-4-20(9-13-5-6-14-15(7-13)28-11-27-14)16(23)10-22-18(25)17(24)21(19(22)26)8-12(2)3/h5-7,12H,4,8-11H2,1-3H3. The number of rotatable bonds is 7. The summed E-state index contributed by atoms with van der Waals surface area (Å²) < 4.78 is 10.6. The van der Waals surface area contributed by atoms with Crippen molar-refractivity contribution in [1.29, 1.82) is 0 Å². The van der Waals surface area contributed by atoms with E-state index in [0.29, 0.717) is 18.0 Å². The van der Waals surface area contributed by atoms with Gasteiger partial charge < -0.3 is 14.4 Å². The number of benzene rings is 1. The molecule has 0 aromatic heterocycles. The quantitative estimate of drug-likeness (QED) is 0.514. The molecule has 2 aliphatic rings. The number of amides is 5. The van der Waals surface area contributed by atoms with Crippen LogP contribution in [0.4, 0.5) is 4.79 Å². The molecule has 0 bridgehead atoms. The fourth-order valence-electron chi connectivity index (χ4n) is 3.09. The molecule has 1 fully saturated rings. The smallest absolute Gasteiger partial charge is 0.334 e. The van der Waals surface area contributed by atoms with Crippen LogP contribution in [0, 0.1) is 5.92 Å². The van der Waals surface area contributed by atoms with Gasteiger partial charge in [0.25, 0.3) is 0 Å². The highest BCUT2D eigenvalue weighted by Crippen LogP contribution is 2.32. The zero-order valence-corrected chi connectivity index (χ0v) is 16.1. The third kappa shape index (κ3) is 3.78. The minimum absolute atomic E-state index is 0.0227. The molecule has 9 nitrogen and oxygen atoms in total. The Morgan fingerprint density at radius 2 is 1.79 bits per heavy atom. The molecule has 0 saturated carbocycles. The number of imide groups is 2. The molecular formula is C19H23N3O6. The van der Waals surface area contributed by atoms with Crippen LogP contribution in [-0.2, 0) is 20.9 Å². The normalized spacial score (nSPS) is 15.8. The van der Waals surface area contributed by atoms with Crippen molar-refractivity contribution in [2.45, 2.75) is 27.3 Å². The Balaban J connectivity index is 1.67. The first kappa shape index (κ1) is 19.7. The second-order valence-electron chi connectivity index (χ2n) is 7.08. The lowest BCUT2D eigenvalue weighted by Gasteiger charge is -2.23. The molecule has 0 radical (unpaired) electrons. The molecule has 3 rings (SSSR count). The number of carbonyl (C=O) groups is 4. The van der Waals surface area contributed by atoms with Crippen molar-refractivity contribution >= 4 is 23.8 Å². The lowest BCUT2D eigenvalue weighted by atomic mass is 10.2. The zero-order valence-electron chi connectivity index (χ0n) is 16.1. The molecule has 1 aromatic carbocycles. The Kier molecular flexibility index (Phi) is 5.53. The van der Waals surface area contributed by atoms with Crippen LogP contribution in [-0.4, -0.2) is 64.9 Å². The van der Waals surface area contributed by atoms with Crippen molar-refractivity contribution in [3.8, 4) is 11.5 Å². The summed E-state index contributed by atoms with van der Waals surface area (Å²) in [6.07, 6.45) is 0. The largest absolute Gasteiger partial charge is 0.454 e. The Labute approximate surface area is 162 Å². The fourth-order valence-corrected chi connectivity index (χ4v) is 3.09. The molecule has 5 amide bonds. The number of hydrogen-bond acceptors (Lipinski definition) is 6. The van der Waals surface area contributed by atoms with Gasteiger partial charge in [-0.3, -0.25) is 19.3 Å². The predicted molar refractivity (Wildman–Crippen MR) is 97.3 cm³/mol. The summed E-state index contributed by atoms with van der Waals surface area (Å²) in [5, 5.41) is 0. The highest BCUT2D eigenvalue weighted by molar-refractivity contribution is 6.45. The van der Waals surface area contributed by atoms with E-state index in [4.69, 9.17) is 9.47 Å². The topological polar surface area (TPSA) is 96.5 Å². The van der Waals surface area contributed by atoms with E-state index in [1.165, 1.54) is 4.90 Å². The molecule has 1 saturated heterocycles. The first-order valence-corrected chi connectivity index (χ1v) is 9.15. The van der Waals surface area contributed by atoms with Crippen LogP contribution >= 0.6 is 0 Å². The monoisotopic (exact) mass is 389 g/mol. The summed E-state index contributed by atoms with van der Waals surface area (Å²) in [6, 6.07) is 4.64. The Morgan fingerprint density at radius 1 is 1.11 bits per heavy atom. The van der Waals surface area contributed by atoms with E-state index in [2.05, 4.69) is 0 Å². The molecular weight excluding hydrogens is 366 g/mol. The number of carbonyl (C=O) groups excluding carboxylic acids is 4. The second-order valence-corrected chi connectivity index (χ2v) is 7.08. The molecule has 0 unspecified atom stereocenters. The zero-order chi connectivity index (χ0) is 20.4. The van der Waals surface area contributed by atoms with Crippen LogP contribution in [0.25, 0.3) is 0 Å². The van der Waals surface area contributed by atoms with Crippen molar-refractivity contribution in [3.63, 3.8) is 0 Å². The van der Waals surface area contributed by atoms with Gasteiger partial charge in [-0.15, -0.1) is 0 Å². The number of fused-ring (bicyclic) bond motifs is 1. The molecule has 9 heteroatoms. The summed E-state index contributed by atoms with van der Waals surface area (Å²) in [5.41, 5.74) is 0.830. The fraction of sp³-hybridized carbons (Fsp3) is 0.474. The summed E-state index contributed by atoms with van der Waals surface area (Å²) >= 11 is 0. The van der Waals surface area contributed by atoms with Gasteiger partial charge in [0.2, 0.25) is 12.7 Å². The molecule has 0 spiro atoms. The minimum Gasteiger partial charge on any atom is -0.454 e. The van der Waals surface area contributed by atoms with Gasteiger partial charge in [-0.2, -0.15) is 0 Å². The number of ether oxygens (including phenoxy) is 2. The van der Waals surface area contributed by atoms with Crippen LogP contribution in [0.2, 0.25) is 0 Å². The first-order chi connectivity index (χ1) is 13.3. The predicted octanol–water partition coefficient (Wildman–Crippen LogP) is 1.21. The summed E-state index contributed by atoms with van der Waals surface area (Å²) in [7, 11) is 0. The maximum atomic E-state index is 12.7. The van der Waals surface area contributed by atoms with Crippen molar-refractivity contribution in [3.05, 3.63) is 23.8 Å². The van der Waals surface area contributed by atoms with Gasteiger partial charge in [-0.1, -0.05) is 19.9 Å². The minimum atomic E-state index is -0.960. The van der Waals surface area contributed by atoms with E-state index >= 15 is 0 Å². The van der Waals surface area contributed by atoms with Gasteiger partial charge in [0.1, 0.15) is 6.54 Å². The third-order valence-corrected chi connectivity index (χ3v) is 4.52. The van der Waals surface area contributed by atoms with Gasteiger partial charge in [0, 0.05) is 19.6 Å². The SMILES string of the molecule is CCN(Cc1ccc2c(c1)OCO2)C(=O)CN1C(=O)C(=O)N(CC(C)C)C1=O. The van der Waals surface area contributed by atoms with Crippen molar-refractivity contribution < 1.29 is 28.7 Å². The molecule has 0 aliphatic carbocycles. The van der Waals surface area contributed by atoms with E-state index in [0.717, 1.165) is 15.4 Å². The maximum absolute atomic E-state index is 12.7. The second kappa shape index (κ2) is 7.87. The van der Waals surface area contributed by atoms with E-state index < -0.39 is 30.3 Å². The van der Waals surface area contributed by atoms with Crippen molar-refractivity contribution in [2.24, 2.45) is 5.92 Å². The average molecular weight is 389 g/mol. The average Bonchev–Trinajstić information content (AvgIpc) is 3.20. The summed E-state index contributed by atoms with van der Waals surface area (Å²) in [5.74, 6) is -0.977. The van der Waals surface area contributed by atoms with E-state index in [1.54, 1.807) is 19.1 Å². The number of likely N-dealkylation sites (N-methyl/N-ethyl adjacent to an activating group) is 1. The Hall–Kier alpha value is -3.10. The summed E-state index contributed by atoms with van der Waals surface area (Å²) in [6.45, 7) is 5.98. The van der Waals surface area contributed by atoms with Crippen LogP contribution in [0.15, 0.2) is 18.2 Å². The third-order valence-electron chi connectivity index (χ3n) is 4.52. The molecule has 0 atom stereocenters. The van der Waals surface area contributed by atoms with E-state index in [9.17, 15) is 19.2 Å². The molecule has 1 aromatic rings. The molecule has 0 N–H and O–H groups in total. The number of nitrogens with zero attached hydrogens (tertiary/aromatic N) is 3. The van der Waals surface area contributed by atoms with Gasteiger partial charge >= 0.3 is 17.8 Å². The van der Waals surface area contributed by atoms with E-state index in [-0.39, 0.29) is 25.8 Å². The van der Waals surface area contributed by atoms with Crippen LogP contribution < -0.4 is 9.47 Å². The Bertz CT molecular complexity index is 822. The Morgan fingerprint density at radius 3 is 2.46 bits per heavy atom. The van der Waals surface area contributed by atoms with E-state index in [1.807, 2.05) is 19.9 Å². The van der Waals surface area contributed by atoms with Crippen molar-refractivity contribution in [2.75, 3.05) is 26.4 Å². The number of urea groups is 1. The van der Waals surface area contributed by atoms with Gasteiger partial charge in [0.05, 0.1) is 0 Å². The summed E-state index contributed by atoms with van der Waals surface area (Å²) in [4.78, 5) is 52.4. The molecule has 150 valence electrons. The molecule has 28 heavy (non-hydrogen) atoms. The van der Waals surface area contributed by atoms with Gasteiger partial charge in [0.15, 0.2) is 11.5 Å². The van der Waals surface area contributed by atoms with Crippen LogP contribution in [0.5, 0.6) is 11.5 Å². The lowest BCUT2D eigenvalue weighted by Crippen LogP contribution is -2.43. The highest BCUT2D eigenvalue weighted by Gasteiger charge is 2.45. The first-order valence-electron chi connectivity index (χ1n) is 9.15. The van der Waals surface area contributed by atoms with Crippen LogP contribution in [0.1, 0.15) is 26.3 Å². The highest BCUT2D eigenvalue weighted by atomic mass is 16.7. The van der Waals surface area contributed by atoms with Gasteiger partial charge in [-0.25, -0.2) is 9.69 Å².